The van der Waals surface area contributed by atoms with Crippen LogP contribution in [0.1, 0.15) is 49.5 Å². The zero-order valence-electron chi connectivity index (χ0n) is 32.3. The molecule has 58 heavy (non-hydrogen) atoms. The maximum atomic E-state index is 13.6. The van der Waals surface area contributed by atoms with Crippen molar-refractivity contribution in [2.75, 3.05) is 24.7 Å². The lowest BCUT2D eigenvalue weighted by molar-refractivity contribution is -0.373. The number of carbonyl (C=O) groups is 1. The molecule has 308 valence electrons. The molecule has 15 nitrogen and oxygen atoms in total. The van der Waals surface area contributed by atoms with E-state index in [1.165, 1.54) is 30.3 Å². The average molecular weight is 800 g/mol. The van der Waals surface area contributed by atoms with Crippen LogP contribution in [0.25, 0.3) is 11.0 Å². The Balaban J connectivity index is 1.19. The number of phenols is 1. The van der Waals surface area contributed by atoms with Crippen LogP contribution in [-0.2, 0) is 27.4 Å². The summed E-state index contributed by atoms with van der Waals surface area (Å²) in [4.78, 5) is 44.8. The molecule has 0 radical (unpaired) electrons. The molecule has 1 fully saturated rings. The molecule has 7 N–H and O–H groups in total. The molecule has 2 aromatic carbocycles. The minimum Gasteiger partial charge on any atom is -0.508 e. The maximum Gasteiger partial charge on any atom is 0.220 e. The number of hydrogen-bond acceptors (Lipinski definition) is 14. The summed E-state index contributed by atoms with van der Waals surface area (Å²) < 4.78 is 13.6. The standard InChI is InChI=1S/C43H49N3O12/c1-3-32-29-10-12-44-31(29)20-46(32)37-39-26(14-30-33(49)13-23(2)56-40(30)37)15-35(43(57-39)11-4-5-25(18-43)27-16-36(51)45-19-27)58-55-22-42(54,41(53)38(52)34(50)21-47)17-24-6-8-28(48)9-7-24/h4-10,12-14,20,25,27,32,34-35,38,41,47-48,50,52-54H,3,11,15-19,21-22H2,1-2H3,(H,45,51). The molecule has 5 aliphatic rings. The van der Waals surface area contributed by atoms with Gasteiger partial charge in [-0.15, -0.1) is 0 Å². The van der Waals surface area contributed by atoms with Gasteiger partial charge >= 0.3 is 0 Å². The molecule has 0 saturated carbocycles. The monoisotopic (exact) mass is 799 g/mol. The average Bonchev–Trinajstić information content (AvgIpc) is 3.94. The fourth-order valence-corrected chi connectivity index (χ4v) is 9.12. The number of aliphatic imine (C=N–C) groups is 1. The minimum atomic E-state index is -2.27. The van der Waals surface area contributed by atoms with E-state index >= 15 is 0 Å². The van der Waals surface area contributed by atoms with Gasteiger partial charge in [0.25, 0.3) is 0 Å². The van der Waals surface area contributed by atoms with Crippen LogP contribution in [0.5, 0.6) is 11.5 Å². The predicted molar refractivity (Wildman–Crippen MR) is 211 cm³/mol. The second kappa shape index (κ2) is 15.7. The smallest absolute Gasteiger partial charge is 0.220 e. The SMILES string of the molecule is CCC1C2=CC=NC2=CN1c1c2c(cc3c(=O)cc(C)oc13)CC(OOCC(O)(Cc1ccc(O)cc1)C(O)C(O)C(O)CO)C1(CC=CC(C3CNC(=O)C3)C1)O2. The Morgan fingerprint density at radius 1 is 1.14 bits per heavy atom. The van der Waals surface area contributed by atoms with E-state index in [-0.39, 0.29) is 47.8 Å². The van der Waals surface area contributed by atoms with Gasteiger partial charge in [0, 0.05) is 61.8 Å². The highest BCUT2D eigenvalue weighted by atomic mass is 17.2. The van der Waals surface area contributed by atoms with Gasteiger partial charge in [-0.3, -0.25) is 14.6 Å². The topological polar surface area (TPSA) is 224 Å². The predicted octanol–water partition coefficient (Wildman–Crippen LogP) is 2.40. The number of rotatable bonds is 13. The van der Waals surface area contributed by atoms with Crippen LogP contribution in [0, 0.1) is 18.8 Å². The molecule has 1 aromatic heterocycles. The van der Waals surface area contributed by atoms with Crippen LogP contribution >= 0.6 is 0 Å². The third-order valence-corrected chi connectivity index (χ3v) is 12.2. The summed E-state index contributed by atoms with van der Waals surface area (Å²) in [5.41, 5.74) is 0.310. The van der Waals surface area contributed by atoms with Gasteiger partial charge in [0.2, 0.25) is 5.91 Å². The van der Waals surface area contributed by atoms with Gasteiger partial charge in [0.15, 0.2) is 16.8 Å². The second-order valence-corrected chi connectivity index (χ2v) is 16.2. The number of nitrogens with zero attached hydrogens (tertiary/aromatic N) is 2. The Labute approximate surface area is 334 Å². The quantitative estimate of drug-likeness (QED) is 0.0751. The first-order valence-electron chi connectivity index (χ1n) is 19.7. The summed E-state index contributed by atoms with van der Waals surface area (Å²) >= 11 is 0. The number of aliphatic hydroxyl groups is 5. The normalized spacial score (nSPS) is 27.4. The van der Waals surface area contributed by atoms with Crippen molar-refractivity contribution in [3.8, 4) is 11.5 Å². The van der Waals surface area contributed by atoms with Crippen molar-refractivity contribution in [3.05, 3.63) is 99.2 Å². The first-order valence-corrected chi connectivity index (χ1v) is 19.7. The van der Waals surface area contributed by atoms with Gasteiger partial charge in [-0.05, 0) is 61.4 Å². The van der Waals surface area contributed by atoms with Crippen molar-refractivity contribution in [1.29, 1.82) is 0 Å². The van der Waals surface area contributed by atoms with E-state index < -0.39 is 48.8 Å². The number of ether oxygens (including phenoxy) is 1. The summed E-state index contributed by atoms with van der Waals surface area (Å²) in [7, 11) is 0. The lowest BCUT2D eigenvalue weighted by atomic mass is 9.71. The summed E-state index contributed by atoms with van der Waals surface area (Å²) in [5, 5.41) is 66.7. The number of hydrogen-bond donors (Lipinski definition) is 7. The third kappa shape index (κ3) is 7.25. The highest BCUT2D eigenvalue weighted by Crippen LogP contribution is 2.52. The molecule has 9 atom stereocenters. The van der Waals surface area contributed by atoms with Crippen LogP contribution in [0.2, 0.25) is 0 Å². The van der Waals surface area contributed by atoms with Crippen LogP contribution < -0.4 is 20.4 Å². The lowest BCUT2D eigenvalue weighted by Gasteiger charge is -2.48. The number of aryl methyl sites for hydroxylation is 1. The molecule has 1 aliphatic carbocycles. The number of allylic oxidation sites excluding steroid dienone is 2. The number of benzene rings is 2. The minimum absolute atomic E-state index is 0.00816. The Hall–Kier alpha value is -4.87. The van der Waals surface area contributed by atoms with E-state index in [1.807, 2.05) is 18.4 Å². The molecule has 4 aliphatic heterocycles. The Kier molecular flexibility index (Phi) is 10.8. The van der Waals surface area contributed by atoms with Crippen LogP contribution in [-0.4, -0.2) is 104 Å². The molecule has 8 rings (SSSR count). The fourth-order valence-electron chi connectivity index (χ4n) is 9.12. The third-order valence-electron chi connectivity index (χ3n) is 12.2. The van der Waals surface area contributed by atoms with E-state index in [2.05, 4.69) is 28.2 Å². The molecule has 0 bridgehead atoms. The van der Waals surface area contributed by atoms with Gasteiger partial charge < -0.3 is 50.0 Å². The van der Waals surface area contributed by atoms with Crippen molar-refractivity contribution >= 4 is 28.8 Å². The first-order chi connectivity index (χ1) is 27.8. The molecule has 9 unspecified atom stereocenters. The zero-order valence-corrected chi connectivity index (χ0v) is 32.3. The van der Waals surface area contributed by atoms with Crippen molar-refractivity contribution in [2.24, 2.45) is 16.8 Å². The molecule has 5 heterocycles. The molecule has 1 spiro atoms. The van der Waals surface area contributed by atoms with E-state index in [1.54, 1.807) is 19.2 Å². The van der Waals surface area contributed by atoms with E-state index in [4.69, 9.17) is 18.9 Å². The van der Waals surface area contributed by atoms with E-state index in [0.29, 0.717) is 65.1 Å². The number of fused-ring (bicyclic) bond motifs is 3. The van der Waals surface area contributed by atoms with Gasteiger partial charge in [-0.2, -0.15) is 0 Å². The summed E-state index contributed by atoms with van der Waals surface area (Å²) in [6, 6.07) is 8.92. The zero-order chi connectivity index (χ0) is 40.9. The fraction of sp³-hybridized carbons (Fsp3) is 0.465. The lowest BCUT2D eigenvalue weighted by Crippen LogP contribution is -2.58. The summed E-state index contributed by atoms with van der Waals surface area (Å²) in [5.74, 6) is 0.797. The number of phenolic OH excluding ortho intramolecular Hbond substituents is 1. The largest absolute Gasteiger partial charge is 0.508 e. The van der Waals surface area contributed by atoms with E-state index in [9.17, 15) is 40.2 Å². The molecule has 3 aromatic rings. The van der Waals surface area contributed by atoms with Gasteiger partial charge in [0.05, 0.1) is 23.7 Å². The summed E-state index contributed by atoms with van der Waals surface area (Å²) in [6.07, 6.45) is 4.93. The number of amides is 1. The van der Waals surface area contributed by atoms with Gasteiger partial charge in [0.1, 0.15) is 59.4 Å². The summed E-state index contributed by atoms with van der Waals surface area (Å²) in [6.45, 7) is 2.72. The van der Waals surface area contributed by atoms with Crippen LogP contribution in [0.4, 0.5) is 5.69 Å². The number of carbonyl (C=O) groups excluding carboxylic acids is 1. The molecule has 1 amide bonds. The Morgan fingerprint density at radius 3 is 2.66 bits per heavy atom. The van der Waals surface area contributed by atoms with Crippen molar-refractivity contribution in [3.63, 3.8) is 0 Å². The number of anilines is 1. The van der Waals surface area contributed by atoms with Crippen molar-refractivity contribution < 1.29 is 54.4 Å². The molecular formula is C43H49N3O12. The van der Waals surface area contributed by atoms with Crippen molar-refractivity contribution in [1.82, 2.24) is 5.32 Å². The van der Waals surface area contributed by atoms with Crippen LogP contribution in [0.3, 0.4) is 0 Å². The van der Waals surface area contributed by atoms with Gasteiger partial charge in [-0.25, -0.2) is 9.78 Å². The molecule has 15 heteroatoms. The number of aromatic hydroxyl groups is 1. The Morgan fingerprint density at radius 2 is 1.93 bits per heavy atom. The van der Waals surface area contributed by atoms with Crippen molar-refractivity contribution in [2.45, 2.75) is 94.0 Å². The highest BCUT2D eigenvalue weighted by molar-refractivity contribution is 5.96. The number of aliphatic hydroxyl groups excluding tert-OH is 4. The first kappa shape index (κ1) is 39.9. The number of nitrogens with one attached hydrogen (secondary N) is 1. The van der Waals surface area contributed by atoms with Crippen LogP contribution in [0.15, 0.2) is 86.3 Å². The maximum absolute atomic E-state index is 13.6. The molecular weight excluding hydrogens is 750 g/mol. The second-order valence-electron chi connectivity index (χ2n) is 16.2. The van der Waals surface area contributed by atoms with Gasteiger partial charge in [-0.1, -0.05) is 31.2 Å². The highest BCUT2D eigenvalue weighted by Gasteiger charge is 2.52. The molecule has 1 saturated heterocycles. The van der Waals surface area contributed by atoms with E-state index in [0.717, 1.165) is 17.7 Å². The Bertz CT molecular complexity index is 2250.